The molecule has 0 saturated carbocycles. The van der Waals surface area contributed by atoms with Gasteiger partial charge in [-0.2, -0.15) is 4.31 Å². The van der Waals surface area contributed by atoms with Crippen molar-refractivity contribution in [1.29, 1.82) is 0 Å². The number of hydrogen-bond acceptors (Lipinski definition) is 6. The molecule has 0 amide bonds. The molecule has 4 aromatic carbocycles. The van der Waals surface area contributed by atoms with Gasteiger partial charge in [0.15, 0.2) is 5.79 Å². The van der Waals surface area contributed by atoms with Crippen LogP contribution in [0.25, 0.3) is 33.2 Å². The highest BCUT2D eigenvalue weighted by Gasteiger charge is 2.41. The number of carbonyl (C=O) groups excluding carboxylic acids is 1. The molecule has 0 unspecified atom stereocenters. The highest BCUT2D eigenvalue weighted by molar-refractivity contribution is 7.89. The summed E-state index contributed by atoms with van der Waals surface area (Å²) in [6.45, 7) is 14.6. The van der Waals surface area contributed by atoms with E-state index in [0.29, 0.717) is 54.5 Å². The number of fused-ring (bicyclic) bond motifs is 1. The van der Waals surface area contributed by atoms with Crippen molar-refractivity contribution in [2.24, 2.45) is 5.92 Å². The van der Waals surface area contributed by atoms with Crippen LogP contribution in [0.2, 0.25) is 0 Å². The summed E-state index contributed by atoms with van der Waals surface area (Å²) in [5.41, 5.74) is 4.19. The molecular weight excluding hydrogens is 764 g/mol. The molecule has 0 aliphatic carbocycles. The van der Waals surface area contributed by atoms with Gasteiger partial charge in [0.05, 0.1) is 24.3 Å². The number of sulfonamides is 1. The number of carbonyl (C=O) groups is 1. The number of benzene rings is 4. The largest absolute Gasteiger partial charge is 0.460 e. The van der Waals surface area contributed by atoms with Crippen molar-refractivity contribution in [2.45, 2.75) is 128 Å². The van der Waals surface area contributed by atoms with Gasteiger partial charge >= 0.3 is 5.97 Å². The SMILES string of the molecule is CC(C)c1c(S(=O)(=O)N2CCC(Cc3ccccc3)CC2)c(-c2ccc3ccccc3c2)c(-c2ccc(F)cc2)n1CC[C@@H]1C[C@H](CC(=O)OC(C)(C)C)OC(C)(C)O1. The summed E-state index contributed by atoms with van der Waals surface area (Å²) in [7, 11) is -4.05. The van der Waals surface area contributed by atoms with Crippen molar-refractivity contribution in [2.75, 3.05) is 13.1 Å². The fraction of sp³-hybridized carbons (Fsp3) is 0.449. The third kappa shape index (κ3) is 10.00. The lowest BCUT2D eigenvalue weighted by Gasteiger charge is -2.41. The first-order valence-electron chi connectivity index (χ1n) is 21.1. The highest BCUT2D eigenvalue weighted by Crippen LogP contribution is 2.47. The van der Waals surface area contributed by atoms with Crippen LogP contribution in [0.5, 0.6) is 0 Å². The van der Waals surface area contributed by atoms with E-state index in [0.717, 1.165) is 46.9 Å². The minimum atomic E-state index is -4.05. The summed E-state index contributed by atoms with van der Waals surface area (Å²) in [4.78, 5) is 13.2. The Morgan fingerprint density at radius 3 is 2.15 bits per heavy atom. The van der Waals surface area contributed by atoms with Crippen LogP contribution >= 0.6 is 0 Å². The zero-order valence-electron chi connectivity index (χ0n) is 35.5. The van der Waals surface area contributed by atoms with Crippen LogP contribution in [0.4, 0.5) is 4.39 Å². The van der Waals surface area contributed by atoms with Gasteiger partial charge in [-0.1, -0.05) is 80.6 Å². The van der Waals surface area contributed by atoms with E-state index < -0.39 is 27.5 Å². The summed E-state index contributed by atoms with van der Waals surface area (Å²) in [6, 6.07) is 31.0. The molecule has 0 N–H and O–H groups in total. The maximum atomic E-state index is 15.5. The molecule has 0 radical (unpaired) electrons. The average molecular weight is 823 g/mol. The molecule has 2 fully saturated rings. The van der Waals surface area contributed by atoms with E-state index in [1.54, 1.807) is 16.4 Å². The molecule has 0 spiro atoms. The smallest absolute Gasteiger partial charge is 0.308 e. The van der Waals surface area contributed by atoms with E-state index >= 15 is 8.42 Å². The molecule has 0 bridgehead atoms. The molecule has 1 aromatic heterocycles. The number of rotatable bonds is 12. The number of esters is 1. The first-order chi connectivity index (χ1) is 28.0. The highest BCUT2D eigenvalue weighted by atomic mass is 32.2. The first-order valence-corrected chi connectivity index (χ1v) is 22.5. The summed E-state index contributed by atoms with van der Waals surface area (Å²) in [5.74, 6) is -1.47. The van der Waals surface area contributed by atoms with E-state index in [1.807, 2.05) is 90.9 Å². The molecule has 2 aliphatic rings. The minimum absolute atomic E-state index is 0.0959. The topological polar surface area (TPSA) is 87.1 Å². The van der Waals surface area contributed by atoms with Crippen LogP contribution < -0.4 is 0 Å². The molecule has 2 atom stereocenters. The van der Waals surface area contributed by atoms with Gasteiger partial charge < -0.3 is 18.8 Å². The van der Waals surface area contributed by atoms with Crippen molar-refractivity contribution in [3.63, 3.8) is 0 Å². The monoisotopic (exact) mass is 822 g/mol. The van der Waals surface area contributed by atoms with Crippen LogP contribution in [0.3, 0.4) is 0 Å². The Bertz CT molecular complexity index is 2360. The molecular formula is C49H59FN2O6S. The zero-order chi connectivity index (χ0) is 42.1. The lowest BCUT2D eigenvalue weighted by molar-refractivity contribution is -0.301. The van der Waals surface area contributed by atoms with Crippen LogP contribution in [-0.2, 0) is 42.0 Å². The summed E-state index contributed by atoms with van der Waals surface area (Å²) >= 11 is 0. The predicted octanol–water partition coefficient (Wildman–Crippen LogP) is 10.9. The molecule has 7 rings (SSSR count). The number of halogens is 1. The first kappa shape index (κ1) is 42.8. The predicted molar refractivity (Wildman–Crippen MR) is 232 cm³/mol. The Kier molecular flexibility index (Phi) is 12.6. The van der Waals surface area contributed by atoms with Crippen molar-refractivity contribution in [3.8, 4) is 22.4 Å². The Morgan fingerprint density at radius 1 is 0.864 bits per heavy atom. The van der Waals surface area contributed by atoms with Crippen LogP contribution in [-0.4, -0.2) is 59.9 Å². The second-order valence-electron chi connectivity index (χ2n) is 18.0. The Labute approximate surface area is 349 Å². The molecule has 10 heteroatoms. The van der Waals surface area contributed by atoms with E-state index in [2.05, 4.69) is 34.9 Å². The maximum absolute atomic E-state index is 15.5. The second-order valence-corrected chi connectivity index (χ2v) is 19.9. The fourth-order valence-corrected chi connectivity index (χ4v) is 11.0. The average Bonchev–Trinajstić information content (AvgIpc) is 3.53. The zero-order valence-corrected chi connectivity index (χ0v) is 36.4. The van der Waals surface area contributed by atoms with E-state index in [-0.39, 0.29) is 30.2 Å². The second kappa shape index (κ2) is 17.3. The molecule has 8 nitrogen and oxygen atoms in total. The van der Waals surface area contributed by atoms with Gasteiger partial charge in [0, 0.05) is 37.3 Å². The summed E-state index contributed by atoms with van der Waals surface area (Å²) in [6.07, 6.45) is 2.81. The lowest BCUT2D eigenvalue weighted by atomic mass is 9.91. The van der Waals surface area contributed by atoms with Gasteiger partial charge in [-0.25, -0.2) is 12.8 Å². The Balaban J connectivity index is 1.32. The van der Waals surface area contributed by atoms with Crippen molar-refractivity contribution in [3.05, 3.63) is 114 Å². The molecule has 2 aliphatic heterocycles. The molecule has 5 aromatic rings. The minimum Gasteiger partial charge on any atom is -0.460 e. The summed E-state index contributed by atoms with van der Waals surface area (Å²) < 4.78 is 67.8. The van der Waals surface area contributed by atoms with Gasteiger partial charge in [-0.15, -0.1) is 0 Å². The standard InChI is InChI=1S/C49H59FN2O6S/c1-33(2)45-47(59(54,55)51-26-23-35(24-27-51)29-34-13-9-8-10-14-34)44(39-18-17-36-15-11-12-16-38(36)30-39)46(37-19-21-40(50)22-20-37)52(45)28-25-41-31-42(57-49(6,7)56-41)32-43(53)58-48(3,4)5/h8-22,30,33,35,41-42H,23-29,31-32H2,1-7H3/t41-,42-/m1/s1. The maximum Gasteiger partial charge on any atom is 0.308 e. The number of ether oxygens (including phenoxy) is 3. The van der Waals surface area contributed by atoms with Crippen LogP contribution in [0, 0.1) is 11.7 Å². The van der Waals surface area contributed by atoms with Gasteiger partial charge in [0.2, 0.25) is 10.0 Å². The van der Waals surface area contributed by atoms with E-state index in [1.165, 1.54) is 17.7 Å². The number of aromatic nitrogens is 1. The van der Waals surface area contributed by atoms with Crippen molar-refractivity contribution >= 4 is 26.8 Å². The quantitative estimate of drug-likeness (QED) is 0.117. The van der Waals surface area contributed by atoms with Gasteiger partial charge in [0.1, 0.15) is 16.3 Å². The third-order valence-electron chi connectivity index (χ3n) is 11.4. The Hall–Kier alpha value is -4.35. The van der Waals surface area contributed by atoms with Gasteiger partial charge in [-0.05, 0) is 130 Å². The molecule has 59 heavy (non-hydrogen) atoms. The third-order valence-corrected chi connectivity index (χ3v) is 13.4. The molecule has 314 valence electrons. The van der Waals surface area contributed by atoms with Crippen molar-refractivity contribution < 1.29 is 31.8 Å². The Morgan fingerprint density at radius 2 is 1.49 bits per heavy atom. The fourth-order valence-electron chi connectivity index (χ4n) is 9.00. The molecule has 3 heterocycles. The number of nitrogens with zero attached hydrogens (tertiary/aromatic N) is 2. The molecule has 2 saturated heterocycles. The van der Waals surface area contributed by atoms with Gasteiger partial charge in [0.25, 0.3) is 0 Å². The van der Waals surface area contributed by atoms with Crippen molar-refractivity contribution in [1.82, 2.24) is 8.87 Å². The number of piperidine rings is 1. The van der Waals surface area contributed by atoms with E-state index in [4.69, 9.17) is 14.2 Å². The summed E-state index contributed by atoms with van der Waals surface area (Å²) in [5, 5.41) is 2.04. The lowest BCUT2D eigenvalue weighted by Crippen LogP contribution is -2.46. The van der Waals surface area contributed by atoms with Gasteiger partial charge in [-0.3, -0.25) is 4.79 Å². The normalized spacial score (nSPS) is 19.3. The van der Waals surface area contributed by atoms with E-state index in [9.17, 15) is 9.18 Å². The van der Waals surface area contributed by atoms with Crippen LogP contribution in [0.1, 0.15) is 97.7 Å². The van der Waals surface area contributed by atoms with Crippen LogP contribution in [0.15, 0.2) is 102 Å². The number of hydrogen-bond donors (Lipinski definition) is 0.